The molecule has 2 rings (SSSR count). The Morgan fingerprint density at radius 2 is 2.31 bits per heavy atom. The average Bonchev–Trinajstić information content (AvgIpc) is 2.81. The number of hydrogen-bond acceptors (Lipinski definition) is 5. The Morgan fingerprint density at radius 1 is 1.50 bits per heavy atom. The lowest BCUT2D eigenvalue weighted by atomic mass is 10.2. The summed E-state index contributed by atoms with van der Waals surface area (Å²) >= 11 is 1.39. The van der Waals surface area contributed by atoms with E-state index in [1.165, 1.54) is 24.5 Å². The van der Waals surface area contributed by atoms with Crippen LogP contribution in [0, 0.1) is 0 Å². The summed E-state index contributed by atoms with van der Waals surface area (Å²) < 4.78 is 5.02. The van der Waals surface area contributed by atoms with Gasteiger partial charge in [-0.05, 0) is 0 Å². The molecule has 2 aromatic rings. The van der Waals surface area contributed by atoms with E-state index in [1.54, 1.807) is 17.8 Å². The van der Waals surface area contributed by atoms with E-state index in [4.69, 9.17) is 9.84 Å². The van der Waals surface area contributed by atoms with Crippen LogP contribution in [-0.2, 0) is 0 Å². The fraction of sp³-hybridized carbons (Fsp3) is 0.100. The molecule has 0 aliphatic heterocycles. The first-order valence-corrected chi connectivity index (χ1v) is 5.27. The van der Waals surface area contributed by atoms with Gasteiger partial charge in [0, 0.05) is 18.3 Å². The van der Waals surface area contributed by atoms with Crippen LogP contribution in [0.5, 0.6) is 5.75 Å². The summed E-state index contributed by atoms with van der Waals surface area (Å²) in [6, 6.07) is 3.06. The van der Waals surface area contributed by atoms with Gasteiger partial charge in [0.05, 0.1) is 23.2 Å². The minimum atomic E-state index is -1.08. The van der Waals surface area contributed by atoms with Gasteiger partial charge in [-0.2, -0.15) is 0 Å². The van der Waals surface area contributed by atoms with Crippen LogP contribution in [0.2, 0.25) is 0 Å². The second-order valence-electron chi connectivity index (χ2n) is 2.95. The first-order valence-electron chi connectivity index (χ1n) is 4.39. The van der Waals surface area contributed by atoms with Crippen molar-refractivity contribution < 1.29 is 14.6 Å². The van der Waals surface area contributed by atoms with Crippen molar-refractivity contribution in [3.63, 3.8) is 0 Å². The van der Waals surface area contributed by atoms with Gasteiger partial charge in [0.15, 0.2) is 5.69 Å². The third-order valence-electron chi connectivity index (χ3n) is 1.94. The number of pyridine rings is 1. The van der Waals surface area contributed by atoms with Gasteiger partial charge in [-0.1, -0.05) is 0 Å². The number of nitrogens with zero attached hydrogens (tertiary/aromatic N) is 2. The number of carboxylic acids is 1. The maximum absolute atomic E-state index is 10.9. The molecule has 0 amide bonds. The molecule has 2 heterocycles. The summed E-state index contributed by atoms with van der Waals surface area (Å²) in [7, 11) is 1.48. The largest absolute Gasteiger partial charge is 0.497 e. The second-order valence-corrected chi connectivity index (χ2v) is 3.83. The van der Waals surface area contributed by atoms with Crippen LogP contribution in [-0.4, -0.2) is 28.2 Å². The fourth-order valence-corrected chi connectivity index (χ4v) is 1.78. The Labute approximate surface area is 95.4 Å². The number of rotatable bonds is 3. The Balaban J connectivity index is 2.53. The summed E-state index contributed by atoms with van der Waals surface area (Å²) in [6.45, 7) is 0. The molecule has 1 N–H and O–H groups in total. The summed E-state index contributed by atoms with van der Waals surface area (Å²) in [5, 5.41) is 8.90. The number of aromatic nitrogens is 2. The molecule has 0 saturated heterocycles. The van der Waals surface area contributed by atoms with E-state index >= 15 is 0 Å². The highest BCUT2D eigenvalue weighted by molar-refractivity contribution is 7.13. The Kier molecular flexibility index (Phi) is 2.82. The summed E-state index contributed by atoms with van der Waals surface area (Å²) in [4.78, 5) is 19.6. The Morgan fingerprint density at radius 3 is 2.88 bits per heavy atom. The number of aromatic carboxylic acids is 1. The normalized spacial score (nSPS) is 10.1. The van der Waals surface area contributed by atoms with Crippen molar-refractivity contribution in [1.82, 2.24) is 9.97 Å². The number of carbonyl (C=O) groups is 1. The maximum Gasteiger partial charge on any atom is 0.354 e. The highest BCUT2D eigenvalue weighted by Gasteiger charge is 2.11. The van der Waals surface area contributed by atoms with Gasteiger partial charge in [-0.25, -0.2) is 9.78 Å². The first kappa shape index (κ1) is 10.6. The Bertz CT molecular complexity index is 511. The predicted octanol–water partition coefficient (Wildman–Crippen LogP) is 1.91. The standard InChI is InChI=1S/C10H8N2O3S/c1-15-6-2-7(9-4-11-5-16-9)12-8(3-6)10(13)14/h2-5H,1H3,(H,13,14). The lowest BCUT2D eigenvalue weighted by molar-refractivity contribution is 0.0690. The van der Waals surface area contributed by atoms with Crippen molar-refractivity contribution in [2.24, 2.45) is 0 Å². The van der Waals surface area contributed by atoms with E-state index in [1.807, 2.05) is 0 Å². The second kappa shape index (κ2) is 4.28. The van der Waals surface area contributed by atoms with Crippen molar-refractivity contribution in [3.05, 3.63) is 29.5 Å². The molecule has 0 spiro atoms. The van der Waals surface area contributed by atoms with Gasteiger partial charge in [0.2, 0.25) is 0 Å². The molecule has 16 heavy (non-hydrogen) atoms. The number of methoxy groups -OCH3 is 1. The fourth-order valence-electron chi connectivity index (χ4n) is 1.20. The maximum atomic E-state index is 10.9. The van der Waals surface area contributed by atoms with Gasteiger partial charge in [-0.3, -0.25) is 4.98 Å². The average molecular weight is 236 g/mol. The van der Waals surface area contributed by atoms with E-state index in [0.717, 1.165) is 4.88 Å². The highest BCUT2D eigenvalue weighted by atomic mass is 32.1. The van der Waals surface area contributed by atoms with E-state index in [-0.39, 0.29) is 5.69 Å². The number of ether oxygens (including phenoxy) is 1. The van der Waals surface area contributed by atoms with Gasteiger partial charge in [0.1, 0.15) is 5.75 Å². The predicted molar refractivity (Wildman–Crippen MR) is 58.9 cm³/mol. The zero-order valence-corrected chi connectivity index (χ0v) is 9.19. The lowest BCUT2D eigenvalue weighted by Crippen LogP contribution is -2.01. The van der Waals surface area contributed by atoms with Gasteiger partial charge in [0.25, 0.3) is 0 Å². The molecular formula is C10H8N2O3S. The molecule has 6 heteroatoms. The first-order chi connectivity index (χ1) is 7.70. The topological polar surface area (TPSA) is 72.3 Å². The molecule has 0 aliphatic carbocycles. The highest BCUT2D eigenvalue weighted by Crippen LogP contribution is 2.25. The molecule has 0 atom stereocenters. The van der Waals surface area contributed by atoms with Crippen molar-refractivity contribution in [3.8, 4) is 16.3 Å². The molecular weight excluding hydrogens is 228 g/mol. The number of thiazole rings is 1. The van der Waals surface area contributed by atoms with Crippen molar-refractivity contribution >= 4 is 17.3 Å². The van der Waals surface area contributed by atoms with Crippen LogP contribution in [0.1, 0.15) is 10.5 Å². The van der Waals surface area contributed by atoms with Crippen molar-refractivity contribution in [2.45, 2.75) is 0 Å². The molecule has 0 saturated carbocycles. The van der Waals surface area contributed by atoms with Gasteiger partial charge >= 0.3 is 5.97 Å². The van der Waals surface area contributed by atoms with Crippen molar-refractivity contribution in [2.75, 3.05) is 7.11 Å². The van der Waals surface area contributed by atoms with Gasteiger partial charge < -0.3 is 9.84 Å². The Hall–Kier alpha value is -1.95. The van der Waals surface area contributed by atoms with Crippen LogP contribution in [0.4, 0.5) is 0 Å². The summed E-state index contributed by atoms with van der Waals surface area (Å²) in [6.07, 6.45) is 1.64. The molecule has 0 aromatic carbocycles. The molecule has 0 fully saturated rings. The minimum Gasteiger partial charge on any atom is -0.497 e. The zero-order valence-electron chi connectivity index (χ0n) is 8.38. The number of carboxylic acid groups (broad SMARTS) is 1. The molecule has 0 aliphatic rings. The molecule has 0 unspecified atom stereocenters. The van der Waals surface area contributed by atoms with Crippen LogP contribution in [0.3, 0.4) is 0 Å². The van der Waals surface area contributed by atoms with Crippen LogP contribution < -0.4 is 4.74 Å². The van der Waals surface area contributed by atoms with E-state index in [0.29, 0.717) is 11.4 Å². The SMILES string of the molecule is COc1cc(C(=O)O)nc(-c2cncs2)c1. The monoisotopic (exact) mass is 236 g/mol. The van der Waals surface area contributed by atoms with E-state index in [9.17, 15) is 4.79 Å². The molecule has 82 valence electrons. The summed E-state index contributed by atoms with van der Waals surface area (Å²) in [5.74, 6) is -0.611. The van der Waals surface area contributed by atoms with Crippen LogP contribution in [0.15, 0.2) is 23.8 Å². The van der Waals surface area contributed by atoms with Gasteiger partial charge in [-0.15, -0.1) is 11.3 Å². The molecule has 2 aromatic heterocycles. The number of hydrogen-bond donors (Lipinski definition) is 1. The molecule has 5 nitrogen and oxygen atoms in total. The van der Waals surface area contributed by atoms with E-state index < -0.39 is 5.97 Å². The molecule has 0 bridgehead atoms. The van der Waals surface area contributed by atoms with Crippen molar-refractivity contribution in [1.29, 1.82) is 0 Å². The summed E-state index contributed by atoms with van der Waals surface area (Å²) in [5.41, 5.74) is 2.18. The van der Waals surface area contributed by atoms with Crippen LogP contribution in [0.25, 0.3) is 10.6 Å². The van der Waals surface area contributed by atoms with E-state index in [2.05, 4.69) is 9.97 Å². The third-order valence-corrected chi connectivity index (χ3v) is 2.73. The third kappa shape index (κ3) is 2.01. The molecule has 0 radical (unpaired) electrons. The van der Waals surface area contributed by atoms with Crippen LogP contribution >= 0.6 is 11.3 Å². The minimum absolute atomic E-state index is 0.0391. The zero-order chi connectivity index (χ0) is 11.5. The smallest absolute Gasteiger partial charge is 0.354 e. The lowest BCUT2D eigenvalue weighted by Gasteiger charge is -2.03. The quantitative estimate of drug-likeness (QED) is 0.881.